The molecule has 2 aromatic heterocycles. The molecule has 0 radical (unpaired) electrons. The highest BCUT2D eigenvalue weighted by Crippen LogP contribution is 2.24. The lowest BCUT2D eigenvalue weighted by atomic mass is 10.1. The molecule has 2 heterocycles. The fraction of sp³-hybridized carbons (Fsp3) is 0.487. The zero-order chi connectivity index (χ0) is 42.6. The van der Waals surface area contributed by atoms with E-state index in [0.717, 1.165) is 16.5 Å². The minimum absolute atomic E-state index is 0.00341. The van der Waals surface area contributed by atoms with E-state index in [4.69, 9.17) is 33.2 Å². The van der Waals surface area contributed by atoms with E-state index in [1.165, 1.54) is 7.11 Å². The molecule has 0 aliphatic heterocycles. The van der Waals surface area contributed by atoms with Crippen molar-refractivity contribution < 1.29 is 57.4 Å². The van der Waals surface area contributed by atoms with Crippen LogP contribution in [-0.4, -0.2) is 105 Å². The third kappa shape index (κ3) is 15.5. The maximum atomic E-state index is 11.8. The number of anilines is 2. The van der Waals surface area contributed by atoms with Gasteiger partial charge in [0.25, 0.3) is 0 Å². The number of hydrogen-bond donors (Lipinski definition) is 3. The maximum Gasteiger partial charge on any atom is 0.508 e. The molecule has 4 aromatic rings. The van der Waals surface area contributed by atoms with Gasteiger partial charge in [0.1, 0.15) is 48.7 Å². The number of aliphatic carboxylic acids is 1. The number of ether oxygens (including phenoxy) is 7. The summed E-state index contributed by atoms with van der Waals surface area (Å²) in [7, 11) is 1.35. The molecule has 4 rings (SSSR count). The smallest absolute Gasteiger partial charge is 0.480 e. The second-order valence-electron chi connectivity index (χ2n) is 15.5. The number of carboxylic acids is 1. The third-order valence-electron chi connectivity index (χ3n) is 7.11. The maximum absolute atomic E-state index is 11.8. The van der Waals surface area contributed by atoms with E-state index in [-0.39, 0.29) is 44.4 Å². The van der Waals surface area contributed by atoms with Gasteiger partial charge in [0, 0.05) is 34.5 Å². The molecule has 0 aliphatic rings. The van der Waals surface area contributed by atoms with Crippen molar-refractivity contribution in [1.29, 1.82) is 0 Å². The van der Waals surface area contributed by atoms with E-state index in [1.807, 2.05) is 6.07 Å². The standard InChI is InChI=1S/C20H27N3O6.C19H25N3O6/c1-19(2,3)29-18(25)28-10-9-27-17-21-12-13-11-14(7-8-15(13)22-17)23-20(4,5)16(24)26-6;1-18(2,3)28-17(25)27-9-8-26-16-20-11-12-10-13(6-7-14(12)21-16)22-19(4,5)15(23)24/h7-8,11-12,23H,9-10H2,1-6H3;6-7,10-11,22H,8-9H2,1-5H3,(H,23,24). The van der Waals surface area contributed by atoms with E-state index in [1.54, 1.807) is 112 Å². The molecule has 18 nitrogen and oxygen atoms in total. The highest BCUT2D eigenvalue weighted by molar-refractivity contribution is 5.87. The van der Waals surface area contributed by atoms with Crippen LogP contribution < -0.4 is 20.1 Å². The van der Waals surface area contributed by atoms with Crippen molar-refractivity contribution in [2.75, 3.05) is 44.2 Å². The molecule has 0 unspecified atom stereocenters. The Morgan fingerprint density at radius 3 is 1.39 bits per heavy atom. The molecular formula is C39H52N6O12. The molecule has 0 bridgehead atoms. The van der Waals surface area contributed by atoms with Gasteiger partial charge in [-0.25, -0.2) is 29.1 Å². The highest BCUT2D eigenvalue weighted by atomic mass is 16.7. The van der Waals surface area contributed by atoms with E-state index < -0.39 is 40.6 Å². The molecule has 0 fully saturated rings. The number of rotatable bonds is 14. The monoisotopic (exact) mass is 796 g/mol. The number of nitrogens with one attached hydrogen (secondary N) is 2. The molecule has 0 atom stereocenters. The highest BCUT2D eigenvalue weighted by Gasteiger charge is 2.29. The molecule has 0 saturated heterocycles. The average Bonchev–Trinajstić information content (AvgIpc) is 3.10. The summed E-state index contributed by atoms with van der Waals surface area (Å²) in [5.41, 5.74) is -0.530. The predicted molar refractivity (Wildman–Crippen MR) is 209 cm³/mol. The fourth-order valence-corrected chi connectivity index (χ4v) is 4.48. The average molecular weight is 797 g/mol. The Kier molecular flexibility index (Phi) is 15.1. The van der Waals surface area contributed by atoms with Crippen LogP contribution in [0.15, 0.2) is 48.8 Å². The Morgan fingerprint density at radius 1 is 0.614 bits per heavy atom. The summed E-state index contributed by atoms with van der Waals surface area (Å²) in [4.78, 5) is 62.8. The molecule has 0 spiro atoms. The van der Waals surface area contributed by atoms with Gasteiger partial charge in [-0.1, -0.05) is 0 Å². The SMILES string of the molecule is CC(C)(C)OC(=O)OCCOc1ncc2cc(NC(C)(C)C(=O)O)ccc2n1.COC(=O)C(C)(C)Nc1ccc2nc(OCCOC(=O)OC(C)(C)C)ncc2c1. The number of carbonyl (C=O) groups is 4. The largest absolute Gasteiger partial charge is 0.508 e. The topological polar surface area (TPSA) is 229 Å². The fourth-order valence-electron chi connectivity index (χ4n) is 4.48. The molecule has 310 valence electrons. The number of hydrogen-bond acceptors (Lipinski definition) is 17. The van der Waals surface area contributed by atoms with Crippen molar-refractivity contribution in [3.05, 3.63) is 48.8 Å². The molecule has 0 aliphatic carbocycles. The van der Waals surface area contributed by atoms with Gasteiger partial charge < -0.3 is 48.9 Å². The van der Waals surface area contributed by atoms with E-state index in [0.29, 0.717) is 16.7 Å². The van der Waals surface area contributed by atoms with Crippen LogP contribution in [0.25, 0.3) is 21.8 Å². The number of fused-ring (bicyclic) bond motifs is 2. The van der Waals surface area contributed by atoms with Crippen molar-refractivity contribution in [3.8, 4) is 12.0 Å². The Morgan fingerprint density at radius 2 is 1.02 bits per heavy atom. The van der Waals surface area contributed by atoms with Gasteiger partial charge in [-0.15, -0.1) is 0 Å². The quantitative estimate of drug-likeness (QED) is 0.0697. The van der Waals surface area contributed by atoms with Gasteiger partial charge in [-0.3, -0.25) is 0 Å². The number of carbonyl (C=O) groups excluding carboxylic acids is 3. The number of carboxylic acid groups (broad SMARTS) is 1. The van der Waals surface area contributed by atoms with Crippen LogP contribution in [0.4, 0.5) is 21.0 Å². The van der Waals surface area contributed by atoms with Gasteiger partial charge in [0.2, 0.25) is 0 Å². The molecule has 0 amide bonds. The molecule has 18 heteroatoms. The Bertz CT molecular complexity index is 2020. The number of benzene rings is 2. The van der Waals surface area contributed by atoms with Gasteiger partial charge in [0.05, 0.1) is 18.1 Å². The number of methoxy groups -OCH3 is 1. The van der Waals surface area contributed by atoms with E-state index in [9.17, 15) is 24.3 Å². The lowest BCUT2D eigenvalue weighted by Gasteiger charge is -2.24. The zero-order valence-corrected chi connectivity index (χ0v) is 34.2. The van der Waals surface area contributed by atoms with Gasteiger partial charge >= 0.3 is 36.3 Å². The van der Waals surface area contributed by atoms with Crippen LogP contribution in [0, 0.1) is 0 Å². The summed E-state index contributed by atoms with van der Waals surface area (Å²) in [5.74, 6) is -1.33. The first-order valence-corrected chi connectivity index (χ1v) is 17.9. The molecule has 2 aromatic carbocycles. The van der Waals surface area contributed by atoms with Crippen LogP contribution in [0.3, 0.4) is 0 Å². The molecular weight excluding hydrogens is 744 g/mol. The second kappa shape index (κ2) is 19.1. The van der Waals surface area contributed by atoms with E-state index in [2.05, 4.69) is 30.6 Å². The number of nitrogens with zero attached hydrogens (tertiary/aromatic N) is 4. The molecule has 0 saturated carbocycles. The first kappa shape index (κ1) is 45.2. The van der Waals surface area contributed by atoms with Crippen LogP contribution >= 0.6 is 0 Å². The lowest BCUT2D eigenvalue weighted by Crippen LogP contribution is -2.41. The minimum atomic E-state index is -1.11. The van der Waals surface area contributed by atoms with Crippen molar-refractivity contribution >= 4 is 57.4 Å². The van der Waals surface area contributed by atoms with Gasteiger partial charge in [0.15, 0.2) is 0 Å². The summed E-state index contributed by atoms with van der Waals surface area (Å²) in [6.07, 6.45) is 1.67. The van der Waals surface area contributed by atoms with Crippen molar-refractivity contribution in [3.63, 3.8) is 0 Å². The van der Waals surface area contributed by atoms with Crippen LogP contribution in [0.1, 0.15) is 69.2 Å². The molecule has 3 N–H and O–H groups in total. The van der Waals surface area contributed by atoms with Crippen molar-refractivity contribution in [2.45, 2.75) is 91.5 Å². The van der Waals surface area contributed by atoms with Crippen LogP contribution in [0.5, 0.6) is 12.0 Å². The third-order valence-corrected chi connectivity index (χ3v) is 7.11. The van der Waals surface area contributed by atoms with E-state index >= 15 is 0 Å². The number of aromatic nitrogens is 4. The van der Waals surface area contributed by atoms with Gasteiger partial charge in [-0.2, -0.15) is 9.97 Å². The Balaban J connectivity index is 0.000000306. The van der Waals surface area contributed by atoms with Crippen LogP contribution in [0.2, 0.25) is 0 Å². The summed E-state index contributed by atoms with van der Waals surface area (Å²) in [6, 6.07) is 11.0. The normalized spacial score (nSPS) is 11.7. The summed E-state index contributed by atoms with van der Waals surface area (Å²) < 4.78 is 35.5. The summed E-state index contributed by atoms with van der Waals surface area (Å²) in [5, 5.41) is 16.8. The first-order chi connectivity index (χ1) is 26.5. The molecule has 57 heavy (non-hydrogen) atoms. The Hall–Kier alpha value is -6.20. The number of esters is 1. The summed E-state index contributed by atoms with van der Waals surface area (Å²) >= 11 is 0. The van der Waals surface area contributed by atoms with Crippen molar-refractivity contribution in [2.24, 2.45) is 0 Å². The first-order valence-electron chi connectivity index (χ1n) is 17.9. The Labute approximate surface area is 330 Å². The second-order valence-corrected chi connectivity index (χ2v) is 15.5. The van der Waals surface area contributed by atoms with Crippen molar-refractivity contribution in [1.82, 2.24) is 19.9 Å². The lowest BCUT2D eigenvalue weighted by molar-refractivity contribution is -0.144. The summed E-state index contributed by atoms with van der Waals surface area (Å²) in [6.45, 7) is 17.3. The minimum Gasteiger partial charge on any atom is -0.480 e. The van der Waals surface area contributed by atoms with Crippen LogP contribution in [-0.2, 0) is 33.3 Å². The predicted octanol–water partition coefficient (Wildman–Crippen LogP) is 6.56. The zero-order valence-electron chi connectivity index (χ0n) is 34.2. The van der Waals surface area contributed by atoms with Gasteiger partial charge in [-0.05, 0) is 106 Å².